The molecular weight excluding hydrogens is 687 g/mol. The second kappa shape index (κ2) is 14.1. The number of thiophene rings is 1. The molecule has 0 N–H and O–H groups in total. The fourth-order valence-corrected chi connectivity index (χ4v) is 8.65. The first-order valence-corrected chi connectivity index (χ1v) is 19.2. The molecule has 7 aromatic carbocycles. The Kier molecular flexibility index (Phi) is 8.36. The number of fused-ring (bicyclic) bond motifs is 3. The highest BCUT2D eigenvalue weighted by Crippen LogP contribution is 2.42. The van der Waals surface area contributed by atoms with E-state index >= 15 is 0 Å². The van der Waals surface area contributed by atoms with Crippen molar-refractivity contribution in [1.29, 1.82) is 0 Å². The summed E-state index contributed by atoms with van der Waals surface area (Å²) in [5.41, 5.74) is 14.0. The lowest BCUT2D eigenvalue weighted by molar-refractivity contribution is 1.18. The summed E-state index contributed by atoms with van der Waals surface area (Å²) in [6.07, 6.45) is 3.69. The Labute approximate surface area is 323 Å². The third-order valence-electron chi connectivity index (χ3n) is 10.2. The van der Waals surface area contributed by atoms with Crippen molar-refractivity contribution in [1.82, 2.24) is 15.0 Å². The standard InChI is InChI=1S/C51H33N3S/c1-3-12-34(13-4-1)38-16-9-17-39(28-38)41-29-42(44-20-10-21-46-45-19-7-8-22-49(45)55-50(44)46)31-43(30-41)48-32-47(53-51(54-48)37-14-5-2-6-15-37)36-25-23-35(24-26-36)40-18-11-27-52-33-40/h1-33H. The van der Waals surface area contributed by atoms with Crippen molar-refractivity contribution in [2.24, 2.45) is 0 Å². The molecule has 0 bridgehead atoms. The summed E-state index contributed by atoms with van der Waals surface area (Å²) in [5, 5.41) is 2.57. The Balaban J connectivity index is 1.18. The van der Waals surface area contributed by atoms with Crippen molar-refractivity contribution in [2.45, 2.75) is 0 Å². The van der Waals surface area contributed by atoms with Crippen LogP contribution in [0.2, 0.25) is 0 Å². The van der Waals surface area contributed by atoms with E-state index in [-0.39, 0.29) is 0 Å². The molecular formula is C51H33N3S. The SMILES string of the molecule is c1ccc(-c2cccc(-c3cc(-c4cc(-c5ccc(-c6cccnc6)cc5)nc(-c5ccccc5)n4)cc(-c4cccc5c4sc4ccccc45)c3)c2)cc1. The third-order valence-corrected chi connectivity index (χ3v) is 11.4. The molecule has 4 heteroatoms. The fraction of sp³-hybridized carbons (Fsp3) is 0. The Hall–Kier alpha value is -7.01. The minimum Gasteiger partial charge on any atom is -0.264 e. The summed E-state index contributed by atoms with van der Waals surface area (Å²) in [4.78, 5) is 14.7. The lowest BCUT2D eigenvalue weighted by Crippen LogP contribution is -1.96. The van der Waals surface area contributed by atoms with E-state index in [2.05, 4.69) is 169 Å². The minimum atomic E-state index is 0.689. The van der Waals surface area contributed by atoms with Crippen LogP contribution in [0.15, 0.2) is 200 Å². The second-order valence-corrected chi connectivity index (χ2v) is 14.7. The predicted molar refractivity (Wildman–Crippen MR) is 231 cm³/mol. The van der Waals surface area contributed by atoms with Gasteiger partial charge in [-0.2, -0.15) is 0 Å². The first-order chi connectivity index (χ1) is 27.2. The van der Waals surface area contributed by atoms with Crippen LogP contribution >= 0.6 is 11.3 Å². The Morgan fingerprint density at radius 2 is 0.909 bits per heavy atom. The lowest BCUT2D eigenvalue weighted by Gasteiger charge is -2.14. The molecule has 0 aliphatic rings. The topological polar surface area (TPSA) is 38.7 Å². The molecule has 0 aliphatic carbocycles. The van der Waals surface area contributed by atoms with E-state index < -0.39 is 0 Å². The van der Waals surface area contributed by atoms with E-state index in [1.807, 2.05) is 41.8 Å². The van der Waals surface area contributed by atoms with Crippen molar-refractivity contribution in [3.05, 3.63) is 200 Å². The van der Waals surface area contributed by atoms with Crippen molar-refractivity contribution in [3.8, 4) is 78.4 Å². The van der Waals surface area contributed by atoms with Gasteiger partial charge in [-0.05, 0) is 87.0 Å². The molecule has 3 nitrogen and oxygen atoms in total. The number of pyridine rings is 1. The van der Waals surface area contributed by atoms with Gasteiger partial charge in [0.25, 0.3) is 0 Å². The maximum Gasteiger partial charge on any atom is 0.160 e. The molecule has 0 fully saturated rings. The summed E-state index contributed by atoms with van der Waals surface area (Å²) in [6, 6.07) is 66.7. The molecule has 10 aromatic rings. The van der Waals surface area contributed by atoms with Crippen LogP contribution < -0.4 is 0 Å². The summed E-state index contributed by atoms with van der Waals surface area (Å²) in [7, 11) is 0. The van der Waals surface area contributed by atoms with Gasteiger partial charge in [0, 0.05) is 49.3 Å². The van der Waals surface area contributed by atoms with Crippen LogP contribution in [0, 0.1) is 0 Å². The quantitative estimate of drug-likeness (QED) is 0.165. The average molecular weight is 720 g/mol. The van der Waals surface area contributed by atoms with Gasteiger partial charge < -0.3 is 0 Å². The van der Waals surface area contributed by atoms with Crippen LogP contribution in [0.5, 0.6) is 0 Å². The number of aromatic nitrogens is 3. The molecule has 0 atom stereocenters. The van der Waals surface area contributed by atoms with Crippen LogP contribution in [-0.2, 0) is 0 Å². The van der Waals surface area contributed by atoms with E-state index in [0.29, 0.717) is 5.82 Å². The van der Waals surface area contributed by atoms with Gasteiger partial charge in [-0.15, -0.1) is 11.3 Å². The zero-order valence-electron chi connectivity index (χ0n) is 29.8. The van der Waals surface area contributed by atoms with E-state index in [1.165, 1.54) is 36.9 Å². The van der Waals surface area contributed by atoms with Gasteiger partial charge in [-0.3, -0.25) is 4.98 Å². The monoisotopic (exact) mass is 719 g/mol. The summed E-state index contributed by atoms with van der Waals surface area (Å²) >= 11 is 1.86. The van der Waals surface area contributed by atoms with Crippen LogP contribution in [-0.4, -0.2) is 15.0 Å². The molecule has 3 aromatic heterocycles. The van der Waals surface area contributed by atoms with Gasteiger partial charge in [0.05, 0.1) is 11.4 Å². The highest BCUT2D eigenvalue weighted by Gasteiger charge is 2.16. The molecule has 10 rings (SSSR count). The van der Waals surface area contributed by atoms with Gasteiger partial charge in [0.15, 0.2) is 5.82 Å². The number of benzene rings is 7. The van der Waals surface area contributed by atoms with E-state index in [1.54, 1.807) is 6.20 Å². The Bertz CT molecular complexity index is 2950. The summed E-state index contributed by atoms with van der Waals surface area (Å²) in [5.74, 6) is 0.689. The largest absolute Gasteiger partial charge is 0.264 e. The summed E-state index contributed by atoms with van der Waals surface area (Å²) < 4.78 is 2.58. The second-order valence-electron chi connectivity index (χ2n) is 13.7. The highest BCUT2D eigenvalue weighted by molar-refractivity contribution is 7.26. The first kappa shape index (κ1) is 32.6. The molecule has 0 radical (unpaired) electrons. The summed E-state index contributed by atoms with van der Waals surface area (Å²) in [6.45, 7) is 0. The number of rotatable bonds is 7. The number of hydrogen-bond acceptors (Lipinski definition) is 4. The van der Waals surface area contributed by atoms with Gasteiger partial charge in [0.1, 0.15) is 0 Å². The van der Waals surface area contributed by atoms with Crippen LogP contribution in [0.25, 0.3) is 98.6 Å². The van der Waals surface area contributed by atoms with Crippen molar-refractivity contribution >= 4 is 31.5 Å². The van der Waals surface area contributed by atoms with Crippen LogP contribution in [0.3, 0.4) is 0 Å². The Morgan fingerprint density at radius 3 is 1.69 bits per heavy atom. The van der Waals surface area contributed by atoms with E-state index in [9.17, 15) is 0 Å². The normalized spacial score (nSPS) is 11.3. The number of hydrogen-bond donors (Lipinski definition) is 0. The zero-order valence-corrected chi connectivity index (χ0v) is 30.6. The molecule has 0 saturated heterocycles. The molecule has 0 unspecified atom stereocenters. The van der Waals surface area contributed by atoms with Crippen molar-refractivity contribution < 1.29 is 0 Å². The maximum atomic E-state index is 5.28. The maximum absolute atomic E-state index is 5.28. The average Bonchev–Trinajstić information content (AvgIpc) is 3.66. The van der Waals surface area contributed by atoms with Crippen molar-refractivity contribution in [2.75, 3.05) is 0 Å². The third kappa shape index (κ3) is 6.39. The first-order valence-electron chi connectivity index (χ1n) is 18.4. The molecule has 0 spiro atoms. The van der Waals surface area contributed by atoms with Crippen LogP contribution in [0.4, 0.5) is 0 Å². The molecule has 3 heterocycles. The van der Waals surface area contributed by atoms with Crippen LogP contribution in [0.1, 0.15) is 0 Å². The molecule has 55 heavy (non-hydrogen) atoms. The highest BCUT2D eigenvalue weighted by atomic mass is 32.1. The van der Waals surface area contributed by atoms with Gasteiger partial charge in [-0.25, -0.2) is 9.97 Å². The lowest BCUT2D eigenvalue weighted by atomic mass is 9.92. The molecule has 258 valence electrons. The van der Waals surface area contributed by atoms with E-state index in [0.717, 1.165) is 55.9 Å². The molecule has 0 saturated carbocycles. The van der Waals surface area contributed by atoms with E-state index in [4.69, 9.17) is 9.97 Å². The van der Waals surface area contributed by atoms with Gasteiger partial charge in [0.2, 0.25) is 0 Å². The van der Waals surface area contributed by atoms with Crippen molar-refractivity contribution in [3.63, 3.8) is 0 Å². The fourth-order valence-electron chi connectivity index (χ4n) is 7.41. The van der Waals surface area contributed by atoms with Gasteiger partial charge in [-0.1, -0.05) is 146 Å². The Morgan fingerprint density at radius 1 is 0.345 bits per heavy atom. The minimum absolute atomic E-state index is 0.689. The smallest absolute Gasteiger partial charge is 0.160 e. The molecule has 0 amide bonds. The van der Waals surface area contributed by atoms with Gasteiger partial charge >= 0.3 is 0 Å². The molecule has 0 aliphatic heterocycles. The zero-order chi connectivity index (χ0) is 36.6. The number of nitrogens with zero attached hydrogens (tertiary/aromatic N) is 3. The predicted octanol–water partition coefficient (Wildman–Crippen LogP) is 13.9.